The van der Waals surface area contributed by atoms with Gasteiger partial charge in [0, 0.05) is 45.5 Å². The van der Waals surface area contributed by atoms with Gasteiger partial charge in [-0.1, -0.05) is 48.3 Å². The first-order valence-corrected chi connectivity index (χ1v) is 13.4. The van der Waals surface area contributed by atoms with Crippen molar-refractivity contribution in [1.82, 2.24) is 9.88 Å². The fourth-order valence-corrected chi connectivity index (χ4v) is 4.52. The number of pyridine rings is 1. The van der Waals surface area contributed by atoms with Gasteiger partial charge in [-0.2, -0.15) is 0 Å². The maximum atomic E-state index is 12.6. The first-order chi connectivity index (χ1) is 17.8. The third-order valence-corrected chi connectivity index (χ3v) is 6.62. The van der Waals surface area contributed by atoms with E-state index in [9.17, 15) is 4.79 Å². The van der Waals surface area contributed by atoms with Crippen molar-refractivity contribution in [3.8, 4) is 23.7 Å². The number of aromatic nitrogens is 1. The number of Topliss-reactive ketones (excluding diaryl/α,β-unsaturated/α-hetero) is 1. The van der Waals surface area contributed by atoms with Gasteiger partial charge in [-0.05, 0) is 90.4 Å². The summed E-state index contributed by atoms with van der Waals surface area (Å²) in [6.45, 7) is 9.81. The lowest BCUT2D eigenvalue weighted by Gasteiger charge is -2.26. The summed E-state index contributed by atoms with van der Waals surface area (Å²) in [6.07, 6.45) is 8.36. The number of hydrogen-bond acceptors (Lipinski definition) is 4. The van der Waals surface area contributed by atoms with E-state index in [1.807, 2.05) is 42.5 Å². The van der Waals surface area contributed by atoms with Gasteiger partial charge in [-0.25, -0.2) is 4.98 Å². The second kappa shape index (κ2) is 12.1. The standard InChI is InChI=1S/C33H37N3O/c1-33(2,3)19-18-26-12-16-28-24-35-32(34)29(30(28)23-26)17-13-25-10-14-27(15-11-25)31(37)9-5-8-22-36-20-6-4-7-21-36/h10-12,14-16,23-24H,4-9,20-22H2,1-3H3,(H2,34,35). The van der Waals surface area contributed by atoms with E-state index < -0.39 is 0 Å². The molecule has 0 bridgehead atoms. The molecule has 2 heterocycles. The van der Waals surface area contributed by atoms with Gasteiger partial charge < -0.3 is 10.6 Å². The van der Waals surface area contributed by atoms with Gasteiger partial charge >= 0.3 is 0 Å². The fourth-order valence-electron chi connectivity index (χ4n) is 4.52. The number of carbonyl (C=O) groups excluding carboxylic acids is 1. The molecule has 0 radical (unpaired) electrons. The average Bonchev–Trinajstić information content (AvgIpc) is 2.89. The second-order valence-corrected chi connectivity index (χ2v) is 10.9. The molecule has 4 rings (SSSR count). The van der Waals surface area contributed by atoms with Crippen LogP contribution in [-0.4, -0.2) is 35.3 Å². The summed E-state index contributed by atoms with van der Waals surface area (Å²) >= 11 is 0. The number of carbonyl (C=O) groups is 1. The number of ketones is 1. The van der Waals surface area contributed by atoms with Crippen LogP contribution in [0, 0.1) is 29.1 Å². The molecular formula is C33H37N3O. The Morgan fingerprint density at radius 1 is 0.946 bits per heavy atom. The number of nitrogens with zero attached hydrogens (tertiary/aromatic N) is 2. The summed E-state index contributed by atoms with van der Waals surface area (Å²) in [5, 5.41) is 1.91. The van der Waals surface area contributed by atoms with E-state index in [1.165, 1.54) is 32.4 Å². The molecule has 1 aliphatic heterocycles. The van der Waals surface area contributed by atoms with Crippen molar-refractivity contribution >= 4 is 22.4 Å². The molecule has 1 fully saturated rings. The lowest BCUT2D eigenvalue weighted by atomic mass is 9.97. The highest BCUT2D eigenvalue weighted by molar-refractivity contribution is 5.96. The minimum absolute atomic E-state index is 0.0739. The highest BCUT2D eigenvalue weighted by Crippen LogP contribution is 2.23. The molecule has 0 spiro atoms. The van der Waals surface area contributed by atoms with Crippen LogP contribution < -0.4 is 5.73 Å². The largest absolute Gasteiger partial charge is 0.383 e. The van der Waals surface area contributed by atoms with Crippen molar-refractivity contribution in [1.29, 1.82) is 0 Å². The number of fused-ring (bicyclic) bond motifs is 1. The Bertz CT molecular complexity index is 1370. The van der Waals surface area contributed by atoms with Gasteiger partial charge in [0.15, 0.2) is 5.78 Å². The van der Waals surface area contributed by atoms with Crippen molar-refractivity contribution in [3.05, 3.63) is 70.9 Å². The van der Waals surface area contributed by atoms with Gasteiger partial charge in [0.1, 0.15) is 5.82 Å². The molecule has 2 aromatic carbocycles. The number of nitrogens with two attached hydrogens (primary N) is 1. The first kappa shape index (κ1) is 26.5. The minimum Gasteiger partial charge on any atom is -0.383 e. The van der Waals surface area contributed by atoms with Crippen LogP contribution >= 0.6 is 0 Å². The van der Waals surface area contributed by atoms with E-state index in [0.717, 1.165) is 46.8 Å². The second-order valence-electron chi connectivity index (χ2n) is 10.9. The lowest BCUT2D eigenvalue weighted by Crippen LogP contribution is -2.30. The Hall–Kier alpha value is -3.60. The summed E-state index contributed by atoms with van der Waals surface area (Å²) in [4.78, 5) is 19.5. The molecule has 0 saturated carbocycles. The topological polar surface area (TPSA) is 59.2 Å². The number of rotatable bonds is 6. The van der Waals surface area contributed by atoms with Crippen LogP contribution in [0.5, 0.6) is 0 Å². The van der Waals surface area contributed by atoms with Crippen molar-refractivity contribution in [3.63, 3.8) is 0 Å². The third-order valence-electron chi connectivity index (χ3n) is 6.62. The predicted molar refractivity (Wildman–Crippen MR) is 153 cm³/mol. The SMILES string of the molecule is CC(C)(C)C#Cc1ccc2cnc(N)c(C#Cc3ccc(C(=O)CCCCN4CCCCC4)cc3)c2c1. The molecule has 3 aromatic rings. The van der Waals surface area contributed by atoms with Gasteiger partial charge in [0.2, 0.25) is 0 Å². The highest BCUT2D eigenvalue weighted by Gasteiger charge is 2.11. The molecule has 190 valence electrons. The van der Waals surface area contributed by atoms with Crippen LogP contribution in [-0.2, 0) is 0 Å². The smallest absolute Gasteiger partial charge is 0.162 e. The quantitative estimate of drug-likeness (QED) is 0.244. The number of anilines is 1. The molecule has 1 saturated heterocycles. The zero-order chi connectivity index (χ0) is 26.3. The summed E-state index contributed by atoms with van der Waals surface area (Å²) in [6, 6.07) is 13.6. The molecule has 0 atom stereocenters. The van der Waals surface area contributed by atoms with E-state index in [4.69, 9.17) is 5.73 Å². The molecule has 1 aliphatic rings. The Morgan fingerprint density at radius 2 is 1.68 bits per heavy atom. The minimum atomic E-state index is -0.0739. The monoisotopic (exact) mass is 491 g/mol. The first-order valence-electron chi connectivity index (χ1n) is 13.4. The maximum absolute atomic E-state index is 12.6. The number of hydrogen-bond donors (Lipinski definition) is 1. The Kier molecular flexibility index (Phi) is 8.65. The van der Waals surface area contributed by atoms with Crippen molar-refractivity contribution in [2.24, 2.45) is 5.41 Å². The predicted octanol–water partition coefficient (Wildman–Crippen LogP) is 6.45. The molecule has 0 amide bonds. The van der Waals surface area contributed by atoms with Crippen LogP contribution in [0.3, 0.4) is 0 Å². The highest BCUT2D eigenvalue weighted by atomic mass is 16.1. The molecular weight excluding hydrogens is 454 g/mol. The summed E-state index contributed by atoms with van der Waals surface area (Å²) in [5.74, 6) is 13.6. The summed E-state index contributed by atoms with van der Waals surface area (Å²) in [5.41, 5.74) is 9.35. The molecule has 1 aromatic heterocycles. The third kappa shape index (κ3) is 7.69. The van der Waals surface area contributed by atoms with Crippen molar-refractivity contribution in [2.75, 3.05) is 25.4 Å². The summed E-state index contributed by atoms with van der Waals surface area (Å²) < 4.78 is 0. The van der Waals surface area contributed by atoms with E-state index in [-0.39, 0.29) is 11.2 Å². The van der Waals surface area contributed by atoms with E-state index >= 15 is 0 Å². The van der Waals surface area contributed by atoms with Crippen LogP contribution in [0.25, 0.3) is 10.8 Å². The normalized spacial score (nSPS) is 13.9. The molecule has 2 N–H and O–H groups in total. The van der Waals surface area contributed by atoms with E-state index in [2.05, 4.69) is 54.3 Å². The molecule has 4 heteroatoms. The molecule has 37 heavy (non-hydrogen) atoms. The average molecular weight is 492 g/mol. The Morgan fingerprint density at radius 3 is 2.41 bits per heavy atom. The number of piperidine rings is 1. The lowest BCUT2D eigenvalue weighted by molar-refractivity contribution is 0.0977. The Balaban J connectivity index is 1.43. The van der Waals surface area contributed by atoms with E-state index in [0.29, 0.717) is 17.8 Å². The van der Waals surface area contributed by atoms with Crippen molar-refractivity contribution in [2.45, 2.75) is 59.3 Å². The van der Waals surface area contributed by atoms with Gasteiger partial charge in [0.25, 0.3) is 0 Å². The number of nitrogen functional groups attached to an aromatic ring is 1. The summed E-state index contributed by atoms with van der Waals surface area (Å²) in [7, 11) is 0. The maximum Gasteiger partial charge on any atom is 0.162 e. The molecule has 0 aliphatic carbocycles. The Labute approximate surface area is 221 Å². The zero-order valence-electron chi connectivity index (χ0n) is 22.4. The van der Waals surface area contributed by atoms with Crippen LogP contribution in [0.4, 0.5) is 5.82 Å². The van der Waals surface area contributed by atoms with E-state index in [1.54, 1.807) is 6.20 Å². The number of unbranched alkanes of at least 4 members (excludes halogenated alkanes) is 1. The van der Waals surface area contributed by atoms with Gasteiger partial charge in [-0.3, -0.25) is 4.79 Å². The van der Waals surface area contributed by atoms with Crippen molar-refractivity contribution < 1.29 is 4.79 Å². The number of benzene rings is 2. The molecule has 0 unspecified atom stereocenters. The van der Waals surface area contributed by atoms with Crippen LogP contribution in [0.15, 0.2) is 48.7 Å². The number of likely N-dealkylation sites (tertiary alicyclic amines) is 1. The fraction of sp³-hybridized carbons (Fsp3) is 0.394. The molecule has 4 nitrogen and oxygen atoms in total. The van der Waals surface area contributed by atoms with Gasteiger partial charge in [-0.15, -0.1) is 0 Å². The van der Waals surface area contributed by atoms with Crippen LogP contribution in [0.1, 0.15) is 86.3 Å². The van der Waals surface area contributed by atoms with Crippen LogP contribution in [0.2, 0.25) is 0 Å². The zero-order valence-corrected chi connectivity index (χ0v) is 22.4. The van der Waals surface area contributed by atoms with Gasteiger partial charge in [0.05, 0.1) is 5.56 Å².